The van der Waals surface area contributed by atoms with Gasteiger partial charge in [-0.2, -0.15) is 0 Å². The summed E-state index contributed by atoms with van der Waals surface area (Å²) < 4.78 is 5.78. The van der Waals surface area contributed by atoms with Gasteiger partial charge in [-0.05, 0) is 67.8 Å². The van der Waals surface area contributed by atoms with Crippen molar-refractivity contribution in [3.05, 3.63) is 95.1 Å². The van der Waals surface area contributed by atoms with E-state index in [0.29, 0.717) is 16.9 Å². The maximum absolute atomic E-state index is 13.1. The van der Waals surface area contributed by atoms with Gasteiger partial charge in [0.2, 0.25) is 0 Å². The van der Waals surface area contributed by atoms with Crippen LogP contribution in [0.2, 0.25) is 0 Å². The fourth-order valence-corrected chi connectivity index (χ4v) is 3.95. The number of ether oxygens (including phenoxy) is 1. The number of carbonyl (C=O) groups is 2. The molecule has 4 rings (SSSR count). The van der Waals surface area contributed by atoms with Crippen molar-refractivity contribution < 1.29 is 19.4 Å². The fraction of sp³-hybridized carbons (Fsp3) is 0.231. The van der Waals surface area contributed by atoms with Crippen molar-refractivity contribution in [3.63, 3.8) is 0 Å². The topological polar surface area (TPSA) is 92.6 Å². The second kappa shape index (κ2) is 9.24. The van der Waals surface area contributed by atoms with E-state index >= 15 is 0 Å². The van der Waals surface area contributed by atoms with Gasteiger partial charge < -0.3 is 14.7 Å². The molecule has 3 heterocycles. The molecule has 3 aromatic rings. The molecule has 33 heavy (non-hydrogen) atoms. The first-order valence-electron chi connectivity index (χ1n) is 10.7. The van der Waals surface area contributed by atoms with Gasteiger partial charge in [0.15, 0.2) is 0 Å². The number of hydrogen-bond donors (Lipinski definition) is 1. The molecule has 1 amide bonds. The molecule has 0 saturated carbocycles. The smallest absolute Gasteiger partial charge is 0.295 e. The van der Waals surface area contributed by atoms with Gasteiger partial charge in [0.25, 0.3) is 11.7 Å². The number of ketones is 1. The van der Waals surface area contributed by atoms with E-state index in [0.717, 1.165) is 11.1 Å². The predicted octanol–water partition coefficient (Wildman–Crippen LogP) is 4.19. The van der Waals surface area contributed by atoms with Gasteiger partial charge in [0, 0.05) is 36.9 Å². The first-order valence-corrected chi connectivity index (χ1v) is 10.7. The number of hydrogen-bond acceptors (Lipinski definition) is 6. The van der Waals surface area contributed by atoms with Gasteiger partial charge in [-0.1, -0.05) is 12.1 Å². The number of benzene rings is 1. The van der Waals surface area contributed by atoms with E-state index in [4.69, 9.17) is 4.74 Å². The lowest BCUT2D eigenvalue weighted by atomic mass is 9.95. The molecule has 1 saturated heterocycles. The van der Waals surface area contributed by atoms with Gasteiger partial charge >= 0.3 is 0 Å². The van der Waals surface area contributed by atoms with Crippen LogP contribution in [0.15, 0.2) is 72.8 Å². The Hall–Kier alpha value is -4.00. The van der Waals surface area contributed by atoms with E-state index in [2.05, 4.69) is 9.97 Å². The van der Waals surface area contributed by atoms with Crippen LogP contribution in [-0.2, 0) is 16.1 Å². The molecule has 0 aliphatic carbocycles. The number of pyridine rings is 2. The highest BCUT2D eigenvalue weighted by Crippen LogP contribution is 2.40. The van der Waals surface area contributed by atoms with E-state index in [-0.39, 0.29) is 24.0 Å². The highest BCUT2D eigenvalue weighted by Gasteiger charge is 2.46. The Labute approximate surface area is 192 Å². The Bertz CT molecular complexity index is 1210. The lowest BCUT2D eigenvalue weighted by molar-refractivity contribution is -0.140. The van der Waals surface area contributed by atoms with Crippen molar-refractivity contribution in [2.45, 2.75) is 39.5 Å². The lowest BCUT2D eigenvalue weighted by Crippen LogP contribution is -2.29. The first-order chi connectivity index (χ1) is 15.9. The summed E-state index contributed by atoms with van der Waals surface area (Å²) in [5, 5.41) is 11.2. The Morgan fingerprint density at radius 1 is 1.09 bits per heavy atom. The Kier molecular flexibility index (Phi) is 6.22. The van der Waals surface area contributed by atoms with Crippen LogP contribution in [0.1, 0.15) is 42.1 Å². The standard InChI is InChI=1S/C26H25N3O4/c1-16(2)33-21-9-8-19(12-17(21)3)24(30)22-23(20-7-5-11-28-14-20)29(26(32)25(22)31)15-18-6-4-10-27-13-18/h4-14,16,23,30H,15H2,1-3H3/b24-22-. The summed E-state index contributed by atoms with van der Waals surface area (Å²) in [5.41, 5.74) is 2.71. The van der Waals surface area contributed by atoms with Crippen LogP contribution in [0, 0.1) is 6.92 Å². The molecule has 7 nitrogen and oxygen atoms in total. The van der Waals surface area contributed by atoms with Crippen LogP contribution in [0.3, 0.4) is 0 Å². The van der Waals surface area contributed by atoms with Crippen molar-refractivity contribution in [3.8, 4) is 5.75 Å². The molecule has 168 valence electrons. The van der Waals surface area contributed by atoms with E-state index in [1.54, 1.807) is 61.2 Å². The molecule has 1 fully saturated rings. The number of aliphatic hydroxyl groups excluding tert-OH is 1. The zero-order valence-corrected chi connectivity index (χ0v) is 18.7. The highest BCUT2D eigenvalue weighted by molar-refractivity contribution is 6.46. The summed E-state index contributed by atoms with van der Waals surface area (Å²) in [5.74, 6) is -0.936. The summed E-state index contributed by atoms with van der Waals surface area (Å²) in [6.07, 6.45) is 6.52. The summed E-state index contributed by atoms with van der Waals surface area (Å²) >= 11 is 0. The predicted molar refractivity (Wildman–Crippen MR) is 123 cm³/mol. The maximum Gasteiger partial charge on any atom is 0.295 e. The monoisotopic (exact) mass is 443 g/mol. The fourth-order valence-electron chi connectivity index (χ4n) is 3.95. The van der Waals surface area contributed by atoms with E-state index in [1.807, 2.05) is 26.8 Å². The molecule has 1 aromatic carbocycles. The van der Waals surface area contributed by atoms with Gasteiger partial charge in [0.1, 0.15) is 11.5 Å². The normalized spacial score (nSPS) is 17.6. The van der Waals surface area contributed by atoms with E-state index < -0.39 is 17.7 Å². The number of nitrogens with zero attached hydrogens (tertiary/aromatic N) is 3. The maximum atomic E-state index is 13.1. The molecule has 0 bridgehead atoms. The molecule has 0 spiro atoms. The van der Waals surface area contributed by atoms with Crippen LogP contribution >= 0.6 is 0 Å². The number of aryl methyl sites for hydroxylation is 1. The molecule has 1 atom stereocenters. The van der Waals surface area contributed by atoms with Crippen molar-refractivity contribution in [1.82, 2.24) is 14.9 Å². The number of rotatable bonds is 6. The zero-order valence-electron chi connectivity index (χ0n) is 18.7. The largest absolute Gasteiger partial charge is 0.507 e. The molecular weight excluding hydrogens is 418 g/mol. The minimum atomic E-state index is -0.772. The molecule has 1 N–H and O–H groups in total. The van der Waals surface area contributed by atoms with Gasteiger partial charge in [-0.25, -0.2) is 0 Å². The second-order valence-electron chi connectivity index (χ2n) is 8.22. The molecule has 0 radical (unpaired) electrons. The third-order valence-corrected chi connectivity index (χ3v) is 5.43. The number of likely N-dealkylation sites (tertiary alicyclic amines) is 1. The number of amides is 1. The highest BCUT2D eigenvalue weighted by atomic mass is 16.5. The number of Topliss-reactive ketones (excluding diaryl/α,β-unsaturated/α-hetero) is 1. The van der Waals surface area contributed by atoms with Crippen molar-refractivity contribution in [2.24, 2.45) is 0 Å². The minimum Gasteiger partial charge on any atom is -0.507 e. The van der Waals surface area contributed by atoms with Gasteiger partial charge in [-0.15, -0.1) is 0 Å². The summed E-state index contributed by atoms with van der Waals surface area (Å²) in [6, 6.07) is 11.6. The van der Waals surface area contributed by atoms with Crippen LogP contribution in [0.5, 0.6) is 5.75 Å². The van der Waals surface area contributed by atoms with Crippen molar-refractivity contribution in [1.29, 1.82) is 0 Å². The third kappa shape index (κ3) is 4.48. The molecular formula is C26H25N3O4. The summed E-state index contributed by atoms with van der Waals surface area (Å²) in [6.45, 7) is 5.92. The average molecular weight is 444 g/mol. The number of aromatic nitrogens is 2. The summed E-state index contributed by atoms with van der Waals surface area (Å²) in [4.78, 5) is 35.9. The van der Waals surface area contributed by atoms with Gasteiger partial charge in [0.05, 0.1) is 17.7 Å². The van der Waals surface area contributed by atoms with Crippen LogP contribution < -0.4 is 4.74 Å². The number of carbonyl (C=O) groups excluding carboxylic acids is 2. The average Bonchev–Trinajstić information content (AvgIpc) is 3.06. The molecule has 1 aliphatic rings. The molecule has 1 aliphatic heterocycles. The second-order valence-corrected chi connectivity index (χ2v) is 8.22. The van der Waals surface area contributed by atoms with E-state index in [9.17, 15) is 14.7 Å². The Morgan fingerprint density at radius 3 is 2.42 bits per heavy atom. The summed E-state index contributed by atoms with van der Waals surface area (Å²) in [7, 11) is 0. The minimum absolute atomic E-state index is 0.00604. The number of aliphatic hydroxyl groups is 1. The Morgan fingerprint density at radius 2 is 1.82 bits per heavy atom. The van der Waals surface area contributed by atoms with Crippen molar-refractivity contribution >= 4 is 17.4 Å². The van der Waals surface area contributed by atoms with Gasteiger partial charge in [-0.3, -0.25) is 19.6 Å². The first kappa shape index (κ1) is 22.2. The van der Waals surface area contributed by atoms with Crippen LogP contribution in [-0.4, -0.2) is 37.8 Å². The molecule has 2 aromatic heterocycles. The van der Waals surface area contributed by atoms with Crippen LogP contribution in [0.25, 0.3) is 5.76 Å². The van der Waals surface area contributed by atoms with Crippen molar-refractivity contribution in [2.75, 3.05) is 0 Å². The lowest BCUT2D eigenvalue weighted by Gasteiger charge is -2.25. The van der Waals surface area contributed by atoms with E-state index in [1.165, 1.54) is 4.90 Å². The third-order valence-electron chi connectivity index (χ3n) is 5.43. The quantitative estimate of drug-likeness (QED) is 0.349. The zero-order chi connectivity index (χ0) is 23.5. The molecule has 7 heteroatoms. The Balaban J connectivity index is 1.81. The SMILES string of the molecule is Cc1cc(/C(O)=C2/C(=O)C(=O)N(Cc3cccnc3)C2c2cccnc2)ccc1OC(C)C. The van der Waals surface area contributed by atoms with Crippen LogP contribution in [0.4, 0.5) is 0 Å². The molecule has 1 unspecified atom stereocenters.